The second kappa shape index (κ2) is 4.74. The lowest BCUT2D eigenvalue weighted by Gasteiger charge is -2.00. The predicted molar refractivity (Wildman–Crippen MR) is 72.4 cm³/mol. The molecule has 0 amide bonds. The summed E-state index contributed by atoms with van der Waals surface area (Å²) < 4.78 is 1.49. The molecule has 2 heterocycles. The van der Waals surface area contributed by atoms with Crippen LogP contribution in [0.3, 0.4) is 0 Å². The van der Waals surface area contributed by atoms with Gasteiger partial charge in [-0.15, -0.1) is 0 Å². The molecule has 3 rings (SSSR count). The average Bonchev–Trinajstić information content (AvgIpc) is 2.83. The molecule has 0 spiro atoms. The van der Waals surface area contributed by atoms with E-state index in [1.807, 2.05) is 36.4 Å². The highest BCUT2D eigenvalue weighted by Crippen LogP contribution is 2.28. The molecule has 1 aromatic carbocycles. The lowest BCUT2D eigenvalue weighted by Crippen LogP contribution is -1.93. The van der Waals surface area contributed by atoms with E-state index in [2.05, 4.69) is 4.98 Å². The highest BCUT2D eigenvalue weighted by Gasteiger charge is 2.14. The summed E-state index contributed by atoms with van der Waals surface area (Å²) in [5.74, 6) is -0.0227. The van der Waals surface area contributed by atoms with Crippen LogP contribution in [0.25, 0.3) is 5.65 Å². The molecule has 0 bridgehead atoms. The van der Waals surface area contributed by atoms with Gasteiger partial charge in [0.2, 0.25) is 5.65 Å². The summed E-state index contributed by atoms with van der Waals surface area (Å²) in [6, 6.07) is 13.5. The van der Waals surface area contributed by atoms with Crippen molar-refractivity contribution in [1.82, 2.24) is 9.38 Å². The number of nitrogens with zero attached hydrogens (tertiary/aromatic N) is 3. The summed E-state index contributed by atoms with van der Waals surface area (Å²) in [5.41, 5.74) is 0.573. The quantitative estimate of drug-likeness (QED) is 0.541. The Morgan fingerprint density at radius 1 is 1.11 bits per heavy atom. The number of imidazole rings is 1. The van der Waals surface area contributed by atoms with Gasteiger partial charge in [0.25, 0.3) is 0 Å². The molecule has 0 saturated heterocycles. The third kappa shape index (κ3) is 2.30. The van der Waals surface area contributed by atoms with E-state index in [0.29, 0.717) is 5.65 Å². The van der Waals surface area contributed by atoms with Gasteiger partial charge in [-0.25, -0.2) is 4.98 Å². The van der Waals surface area contributed by atoms with Crippen molar-refractivity contribution in [3.8, 4) is 0 Å². The highest BCUT2D eigenvalue weighted by molar-refractivity contribution is 7.99. The standard InChI is InChI=1S/C13H9N3O2S/c17-16(18)13-8-14-12-7-6-11(9-15(12)13)19-10-4-2-1-3-5-10/h1-9H. The van der Waals surface area contributed by atoms with Crippen molar-refractivity contribution < 1.29 is 4.92 Å². The molecular weight excluding hydrogens is 262 g/mol. The van der Waals surface area contributed by atoms with Crippen molar-refractivity contribution in [3.05, 3.63) is 65.0 Å². The van der Waals surface area contributed by atoms with Crippen LogP contribution in [0, 0.1) is 10.1 Å². The first-order chi connectivity index (χ1) is 9.24. The molecule has 0 N–H and O–H groups in total. The number of rotatable bonds is 3. The Bertz CT molecular complexity index is 740. The lowest BCUT2D eigenvalue weighted by atomic mass is 10.4. The van der Waals surface area contributed by atoms with Gasteiger partial charge < -0.3 is 10.1 Å². The molecule has 19 heavy (non-hydrogen) atoms. The zero-order chi connectivity index (χ0) is 13.2. The number of pyridine rings is 1. The topological polar surface area (TPSA) is 60.4 Å². The van der Waals surface area contributed by atoms with Crippen LogP contribution in [0.5, 0.6) is 0 Å². The van der Waals surface area contributed by atoms with Gasteiger partial charge in [0.05, 0.1) is 4.90 Å². The maximum absolute atomic E-state index is 10.9. The van der Waals surface area contributed by atoms with Crippen molar-refractivity contribution >= 4 is 23.2 Å². The maximum Gasteiger partial charge on any atom is 0.347 e. The molecule has 5 nitrogen and oxygen atoms in total. The Kier molecular flexibility index (Phi) is 2.92. The summed E-state index contributed by atoms with van der Waals surface area (Å²) in [6.45, 7) is 0. The first-order valence-electron chi connectivity index (χ1n) is 5.58. The molecule has 0 radical (unpaired) electrons. The van der Waals surface area contributed by atoms with E-state index in [1.165, 1.54) is 10.6 Å². The van der Waals surface area contributed by atoms with Gasteiger partial charge in [0.15, 0.2) is 0 Å². The molecule has 0 atom stereocenters. The summed E-state index contributed by atoms with van der Waals surface area (Å²) in [6.07, 6.45) is 3.00. The van der Waals surface area contributed by atoms with Gasteiger partial charge in [-0.1, -0.05) is 30.0 Å². The van der Waals surface area contributed by atoms with Gasteiger partial charge in [0.1, 0.15) is 12.4 Å². The van der Waals surface area contributed by atoms with E-state index < -0.39 is 4.92 Å². The van der Waals surface area contributed by atoms with Crippen LogP contribution in [-0.2, 0) is 0 Å². The fourth-order valence-electron chi connectivity index (χ4n) is 1.77. The molecule has 0 aliphatic carbocycles. The van der Waals surface area contributed by atoms with E-state index in [1.54, 1.807) is 24.0 Å². The van der Waals surface area contributed by atoms with Crippen LogP contribution in [0.2, 0.25) is 0 Å². The molecular formula is C13H9N3O2S. The molecule has 0 unspecified atom stereocenters. The van der Waals surface area contributed by atoms with Crippen molar-refractivity contribution in [2.45, 2.75) is 9.79 Å². The van der Waals surface area contributed by atoms with E-state index in [4.69, 9.17) is 0 Å². The van der Waals surface area contributed by atoms with Gasteiger partial charge in [-0.3, -0.25) is 0 Å². The first kappa shape index (κ1) is 11.7. The minimum Gasteiger partial charge on any atom is -0.358 e. The Hall–Kier alpha value is -2.34. The van der Waals surface area contributed by atoms with Gasteiger partial charge in [-0.05, 0) is 23.1 Å². The Morgan fingerprint density at radius 3 is 2.63 bits per heavy atom. The molecule has 0 aliphatic heterocycles. The Morgan fingerprint density at radius 2 is 1.89 bits per heavy atom. The molecule has 6 heteroatoms. The smallest absolute Gasteiger partial charge is 0.347 e. The van der Waals surface area contributed by atoms with Gasteiger partial charge >= 0.3 is 5.82 Å². The van der Waals surface area contributed by atoms with E-state index in [9.17, 15) is 10.1 Å². The fraction of sp³-hybridized carbons (Fsp3) is 0. The average molecular weight is 271 g/mol. The third-order valence-corrected chi connectivity index (χ3v) is 3.61. The summed E-state index contributed by atoms with van der Waals surface area (Å²) in [7, 11) is 0. The minimum atomic E-state index is -0.434. The summed E-state index contributed by atoms with van der Waals surface area (Å²) in [5, 5.41) is 10.9. The van der Waals surface area contributed by atoms with Crippen LogP contribution in [0.4, 0.5) is 5.82 Å². The fourth-order valence-corrected chi connectivity index (χ4v) is 2.63. The maximum atomic E-state index is 10.9. The van der Waals surface area contributed by atoms with E-state index in [0.717, 1.165) is 9.79 Å². The van der Waals surface area contributed by atoms with Crippen molar-refractivity contribution in [1.29, 1.82) is 0 Å². The van der Waals surface area contributed by atoms with E-state index >= 15 is 0 Å². The molecule has 0 aliphatic rings. The summed E-state index contributed by atoms with van der Waals surface area (Å²) >= 11 is 1.56. The normalized spacial score (nSPS) is 10.7. The zero-order valence-electron chi connectivity index (χ0n) is 9.76. The second-order valence-electron chi connectivity index (χ2n) is 3.88. The van der Waals surface area contributed by atoms with Crippen LogP contribution >= 0.6 is 11.8 Å². The molecule has 0 fully saturated rings. The van der Waals surface area contributed by atoms with Crippen molar-refractivity contribution in [3.63, 3.8) is 0 Å². The number of hydrogen-bond acceptors (Lipinski definition) is 4. The second-order valence-corrected chi connectivity index (χ2v) is 5.03. The molecule has 2 aromatic heterocycles. The minimum absolute atomic E-state index is 0.0227. The Labute approximate surface area is 113 Å². The van der Waals surface area contributed by atoms with Crippen molar-refractivity contribution in [2.75, 3.05) is 0 Å². The van der Waals surface area contributed by atoms with Crippen LogP contribution in [-0.4, -0.2) is 14.3 Å². The van der Waals surface area contributed by atoms with Crippen LogP contribution in [0.15, 0.2) is 64.6 Å². The Balaban J connectivity index is 2.01. The number of benzene rings is 1. The number of aromatic nitrogens is 2. The number of nitro groups is 1. The number of fused-ring (bicyclic) bond motifs is 1. The lowest BCUT2D eigenvalue weighted by molar-refractivity contribution is -0.390. The van der Waals surface area contributed by atoms with Crippen LogP contribution < -0.4 is 0 Å². The predicted octanol–water partition coefficient (Wildman–Crippen LogP) is 3.39. The molecule has 3 aromatic rings. The zero-order valence-corrected chi connectivity index (χ0v) is 10.6. The first-order valence-corrected chi connectivity index (χ1v) is 6.40. The monoisotopic (exact) mass is 271 g/mol. The van der Waals surface area contributed by atoms with Crippen LogP contribution in [0.1, 0.15) is 0 Å². The molecule has 0 saturated carbocycles. The highest BCUT2D eigenvalue weighted by atomic mass is 32.2. The van der Waals surface area contributed by atoms with Crippen molar-refractivity contribution in [2.24, 2.45) is 0 Å². The molecule has 94 valence electrons. The SMILES string of the molecule is O=[N+]([O-])c1cnc2ccc(Sc3ccccc3)cn12. The number of hydrogen-bond donors (Lipinski definition) is 0. The van der Waals surface area contributed by atoms with E-state index in [-0.39, 0.29) is 5.82 Å². The van der Waals surface area contributed by atoms with Gasteiger partial charge in [-0.2, -0.15) is 4.40 Å². The van der Waals surface area contributed by atoms with Gasteiger partial charge in [0, 0.05) is 11.0 Å². The third-order valence-electron chi connectivity index (χ3n) is 2.62. The largest absolute Gasteiger partial charge is 0.358 e. The summed E-state index contributed by atoms with van der Waals surface area (Å²) in [4.78, 5) is 16.5.